The number of nitrogens with two attached hydrogens (primary N) is 1. The van der Waals surface area contributed by atoms with Gasteiger partial charge in [-0.1, -0.05) is 63.3 Å². The van der Waals surface area contributed by atoms with Crippen LogP contribution in [0.4, 0.5) is 37.9 Å². The number of aromatic carboxylic acids is 1. The average molecular weight is 1400 g/mol. The quantitative estimate of drug-likeness (QED) is 0.0173. The number of carboxylic acids is 1. The van der Waals surface area contributed by atoms with E-state index >= 15 is 0 Å². The van der Waals surface area contributed by atoms with Gasteiger partial charge in [0.2, 0.25) is 17.7 Å². The lowest BCUT2D eigenvalue weighted by atomic mass is 9.39. The van der Waals surface area contributed by atoms with Crippen LogP contribution in [0.1, 0.15) is 125 Å². The van der Waals surface area contributed by atoms with Crippen LogP contribution in [0, 0.1) is 36.0 Å². The van der Waals surface area contributed by atoms with E-state index in [-0.39, 0.29) is 85.6 Å². The highest BCUT2D eigenvalue weighted by molar-refractivity contribution is 7.22. The molecule has 2 aromatic carbocycles. The Kier molecular flexibility index (Phi) is 21.2. The van der Waals surface area contributed by atoms with Crippen LogP contribution in [0.15, 0.2) is 79.0 Å². The molecule has 4 saturated carbocycles. The number of nitrogens with zero attached hydrogens (tertiary/aromatic N) is 10. The number of rotatable bonds is 29. The number of carboxylic acid groups (broad SMARTS) is 1. The first kappa shape index (κ1) is 71.4. The molecule has 28 nitrogen and oxygen atoms in total. The minimum absolute atomic E-state index is 0.00125. The number of thiazole rings is 1. The lowest BCUT2D eigenvalue weighted by Gasteiger charge is -2.69. The van der Waals surface area contributed by atoms with E-state index < -0.39 is 59.7 Å². The highest BCUT2D eigenvalue weighted by atomic mass is 32.1. The second kappa shape index (κ2) is 30.0. The lowest BCUT2D eigenvalue weighted by Crippen LogP contribution is -2.64. The van der Waals surface area contributed by atoms with Crippen molar-refractivity contribution in [3.63, 3.8) is 0 Å². The van der Waals surface area contributed by atoms with Crippen molar-refractivity contribution < 1.29 is 57.7 Å². The number of hydrogen-bond acceptors (Lipinski definition) is 20. The molecule has 2 unspecified atom stereocenters. The van der Waals surface area contributed by atoms with Crippen LogP contribution < -0.4 is 37.2 Å². The van der Waals surface area contributed by atoms with Gasteiger partial charge in [-0.25, -0.2) is 24.4 Å². The van der Waals surface area contributed by atoms with Crippen molar-refractivity contribution in [1.29, 1.82) is 0 Å². The summed E-state index contributed by atoms with van der Waals surface area (Å²) in [6.45, 7) is 17.5. The monoisotopic (exact) mass is 1400 g/mol. The maximum Gasteiger partial charge on any atom is 0.410 e. The van der Waals surface area contributed by atoms with E-state index in [4.69, 9.17) is 40.1 Å². The Labute approximate surface area is 589 Å². The number of carbonyl (C=O) groups is 8. The maximum absolute atomic E-state index is 13.8. The van der Waals surface area contributed by atoms with Crippen molar-refractivity contribution >= 4 is 97.5 Å². The number of hydrogen-bond donors (Lipinski definition) is 7. The number of benzene rings is 2. The van der Waals surface area contributed by atoms with Crippen LogP contribution in [0.2, 0.25) is 0 Å². The van der Waals surface area contributed by atoms with Gasteiger partial charge in [-0.05, 0) is 142 Å². The molecule has 8 amide bonds. The molecule has 7 heterocycles. The van der Waals surface area contributed by atoms with Gasteiger partial charge >= 0.3 is 18.1 Å². The van der Waals surface area contributed by atoms with Crippen LogP contribution >= 0.6 is 11.3 Å². The van der Waals surface area contributed by atoms with Gasteiger partial charge in [-0.3, -0.25) is 38.5 Å². The molecule has 5 fully saturated rings. The third-order valence-electron chi connectivity index (χ3n) is 20.5. The smallest absolute Gasteiger partial charge is 0.410 e. The van der Waals surface area contributed by atoms with E-state index in [2.05, 4.69) is 55.1 Å². The zero-order valence-electron chi connectivity index (χ0n) is 58.1. The summed E-state index contributed by atoms with van der Waals surface area (Å²) in [5, 5.41) is 40.0. The number of pyridine rings is 1. The number of urea groups is 1. The Morgan fingerprint density at radius 2 is 1.53 bits per heavy atom. The van der Waals surface area contributed by atoms with E-state index in [1.165, 1.54) is 12.2 Å². The minimum Gasteiger partial charge on any atom is -0.476 e. The predicted molar refractivity (Wildman–Crippen MR) is 377 cm³/mol. The molecule has 7 aliphatic rings. The highest BCUT2D eigenvalue weighted by Crippen LogP contribution is 2.72. The van der Waals surface area contributed by atoms with Gasteiger partial charge in [0.15, 0.2) is 22.5 Å². The van der Waals surface area contributed by atoms with Gasteiger partial charge in [0.25, 0.3) is 11.8 Å². The Bertz CT molecular complexity index is 4100. The fraction of sp³-hybridized carbons (Fsp3) is 0.514. The molecule has 0 spiro atoms. The summed E-state index contributed by atoms with van der Waals surface area (Å²) in [6.07, 6.45) is 11.8. The maximum atomic E-state index is 13.8. The number of anilines is 5. The minimum atomic E-state index is -1.13. The van der Waals surface area contributed by atoms with Crippen molar-refractivity contribution in [2.24, 2.45) is 27.9 Å². The molecule has 6 aromatic rings. The van der Waals surface area contributed by atoms with E-state index in [1.54, 1.807) is 60.5 Å². The standard InChI is InChI=1S/C72H90N16O12S/c1-44(2)59(80-56(89)23-32-98-33-31-87-57(90)21-22-58(87)91)64(93)77-53(13-9-24-74-66(73)96)63(92)76-48-17-15-47(16-18-48)36-99-68(97)85-28-26-84(27-29-85)30-34-100-72-40-69(5)37-70(6,41-72)39-71(38-69,42-72)43-88-46(4)51(35-75-88)50-19-20-55(79-60(50)65(94)95)86-25-10-11-49-45(3)61(82-83-62(49)86)81-67-78-52-12-7-8-14-54(52)101-67/h7-8,12,14-22,35,44,53,59H,9-11,13,23-34,36-43H2,1-6H3,(H,76,92)(H,77,93)(H,80,89)(H,94,95)(H3,73,74,96)(H,78,81,82)/t53-,59-,69-,70+,71?,72?/m0/s1. The first-order chi connectivity index (χ1) is 48.3. The molecule has 0 radical (unpaired) electrons. The summed E-state index contributed by atoms with van der Waals surface area (Å²) in [7, 11) is 0. The van der Waals surface area contributed by atoms with Gasteiger partial charge in [-0.2, -0.15) is 5.10 Å². The molecule has 4 bridgehead atoms. The average Bonchev–Trinajstić information content (AvgIpc) is 0.742. The van der Waals surface area contributed by atoms with Gasteiger partial charge in [0.05, 0.1) is 48.4 Å². The van der Waals surface area contributed by atoms with E-state index in [0.717, 1.165) is 101 Å². The molecule has 13 rings (SSSR count). The molecule has 536 valence electrons. The predicted octanol–water partition coefficient (Wildman–Crippen LogP) is 7.92. The number of aromatic nitrogens is 6. The molecule has 4 aliphatic carbocycles. The summed E-state index contributed by atoms with van der Waals surface area (Å²) >= 11 is 1.56. The second-order valence-corrected chi connectivity index (χ2v) is 30.1. The van der Waals surface area contributed by atoms with Crippen LogP contribution in [-0.4, -0.2) is 187 Å². The Hall–Kier alpha value is -9.45. The summed E-state index contributed by atoms with van der Waals surface area (Å²) in [5.74, 6) is -2.19. The molecular weight excluding hydrogens is 1310 g/mol. The second-order valence-electron chi connectivity index (χ2n) is 29.1. The summed E-state index contributed by atoms with van der Waals surface area (Å²) in [5.41, 5.74) is 11.1. The SMILES string of the molecule is Cc1c(Nc2nc3ccccc3s2)nnc2c1CCCN2c1ccc(-c2cnn(CC34CC5(OCCN6CCN(C(=O)OCc7ccc(NC(=O)[C@H](CCCNC(N)=O)NC(=O)[C@@H](NC(=O)CCOCCN8C(=O)C=CC8=O)C(C)C)cc7)CC6)C[C@](C)(C3)C[C@](C)(C4)C5)c2C)c(C(=O)O)n1. The molecule has 101 heavy (non-hydrogen) atoms. The van der Waals surface area contributed by atoms with Gasteiger partial charge in [0.1, 0.15) is 24.5 Å². The molecule has 1 saturated heterocycles. The van der Waals surface area contributed by atoms with E-state index in [0.29, 0.717) is 80.1 Å². The van der Waals surface area contributed by atoms with Crippen molar-refractivity contribution in [3.8, 4) is 11.1 Å². The summed E-state index contributed by atoms with van der Waals surface area (Å²) < 4.78 is 21.6. The third-order valence-corrected chi connectivity index (χ3v) is 21.5. The third kappa shape index (κ3) is 16.5. The number of ether oxygens (including phenoxy) is 3. The van der Waals surface area contributed by atoms with Gasteiger partial charge in [-0.15, -0.1) is 10.2 Å². The van der Waals surface area contributed by atoms with Crippen molar-refractivity contribution in [1.82, 2.24) is 60.6 Å². The van der Waals surface area contributed by atoms with Crippen molar-refractivity contribution in [2.75, 3.05) is 87.7 Å². The largest absolute Gasteiger partial charge is 0.476 e. The van der Waals surface area contributed by atoms with Crippen LogP contribution in [0.3, 0.4) is 0 Å². The molecule has 29 heteroatoms. The number of piperazine rings is 1. The van der Waals surface area contributed by atoms with E-state index in [9.17, 15) is 43.5 Å². The number of nitrogens with one attached hydrogen (secondary N) is 5. The lowest BCUT2D eigenvalue weighted by molar-refractivity contribution is -0.249. The van der Waals surface area contributed by atoms with Gasteiger partial charge in [0, 0.05) is 105 Å². The van der Waals surface area contributed by atoms with Crippen LogP contribution in [0.5, 0.6) is 0 Å². The van der Waals surface area contributed by atoms with Gasteiger partial charge < -0.3 is 61.4 Å². The number of carbonyl (C=O) groups excluding carboxylic acids is 7. The number of fused-ring (bicyclic) bond motifs is 2. The zero-order chi connectivity index (χ0) is 71.4. The molecular formula is C72H90N16O12S. The first-order valence-corrected chi connectivity index (χ1v) is 35.6. The number of amides is 8. The van der Waals surface area contributed by atoms with Crippen LogP contribution in [-0.2, 0) is 57.8 Å². The number of primary amides is 1. The summed E-state index contributed by atoms with van der Waals surface area (Å²) in [6, 6.07) is 15.7. The highest BCUT2D eigenvalue weighted by Gasteiger charge is 2.66. The molecule has 8 N–H and O–H groups in total. The fourth-order valence-corrected chi connectivity index (χ4v) is 17.7. The van der Waals surface area contributed by atoms with Crippen molar-refractivity contribution in [2.45, 2.75) is 143 Å². The molecule has 6 atom stereocenters. The van der Waals surface area contributed by atoms with Crippen molar-refractivity contribution in [3.05, 3.63) is 107 Å². The molecule has 4 aromatic heterocycles. The fourth-order valence-electron chi connectivity index (χ4n) is 16.9. The van der Waals surface area contributed by atoms with E-state index in [1.807, 2.05) is 55.1 Å². The zero-order valence-corrected chi connectivity index (χ0v) is 58.9. The summed E-state index contributed by atoms with van der Waals surface area (Å²) in [4.78, 5) is 119. The Balaban J connectivity index is 0.603. The Morgan fingerprint density at radius 1 is 0.792 bits per heavy atom. The normalized spacial score (nSPS) is 22.1. The number of imide groups is 1. The first-order valence-electron chi connectivity index (χ1n) is 34.8. The molecule has 3 aliphatic heterocycles. The topological polar surface area (TPSA) is 353 Å². The Morgan fingerprint density at radius 3 is 2.25 bits per heavy atom. The number of para-hydroxylation sites is 1. The van der Waals surface area contributed by atoms with Crippen LogP contribution in [0.25, 0.3) is 21.3 Å².